The number of hydrogen-bond donors (Lipinski definition) is 2. The molecule has 1 aliphatic carbocycles. The molecule has 0 unspecified atom stereocenters. The maximum absolute atomic E-state index is 12.7. The van der Waals surface area contributed by atoms with Gasteiger partial charge in [0.15, 0.2) is 15.8 Å². The largest absolute Gasteiger partial charge is 0.371 e. The van der Waals surface area contributed by atoms with Gasteiger partial charge in [-0.2, -0.15) is 0 Å². The monoisotopic (exact) mass is 314 g/mol. The van der Waals surface area contributed by atoms with Gasteiger partial charge >= 0.3 is 0 Å². The zero-order valence-electron chi connectivity index (χ0n) is 11.7. The summed E-state index contributed by atoms with van der Waals surface area (Å²) in [7, 11) is -1.95. The molecule has 110 valence electrons. The number of aromatic nitrogens is 2. The van der Waals surface area contributed by atoms with Crippen LogP contribution in [0.3, 0.4) is 0 Å². The second-order valence-corrected chi connectivity index (χ2v) is 8.14. The van der Waals surface area contributed by atoms with E-state index >= 15 is 0 Å². The predicted molar refractivity (Wildman–Crippen MR) is 79.7 cm³/mol. The van der Waals surface area contributed by atoms with Crippen molar-refractivity contribution in [2.75, 3.05) is 12.4 Å². The van der Waals surface area contributed by atoms with Gasteiger partial charge in [0.2, 0.25) is 0 Å². The molecule has 2 aromatic rings. The van der Waals surface area contributed by atoms with Crippen LogP contribution in [-0.2, 0) is 10.0 Å². The van der Waals surface area contributed by atoms with Crippen LogP contribution < -0.4 is 10.0 Å². The van der Waals surface area contributed by atoms with Crippen molar-refractivity contribution in [2.24, 2.45) is 5.92 Å². The Morgan fingerprint density at radius 1 is 1.45 bits per heavy atom. The van der Waals surface area contributed by atoms with Crippen molar-refractivity contribution in [1.82, 2.24) is 14.1 Å². The average Bonchev–Trinajstić information content (AvgIpc) is 3.00. The Morgan fingerprint density at radius 3 is 2.75 bits per heavy atom. The van der Waals surface area contributed by atoms with Gasteiger partial charge in [-0.3, -0.25) is 4.40 Å². The highest BCUT2D eigenvalue weighted by Crippen LogP contribution is 2.40. The van der Waals surface area contributed by atoms with E-state index in [-0.39, 0.29) is 5.03 Å². The second kappa shape index (κ2) is 4.44. The summed E-state index contributed by atoms with van der Waals surface area (Å²) in [5.74, 6) is 0.803. The average molecular weight is 314 g/mol. The summed E-state index contributed by atoms with van der Waals surface area (Å²) in [6.45, 7) is 3.88. The second-order valence-electron chi connectivity index (χ2n) is 5.67. The summed E-state index contributed by atoms with van der Waals surface area (Å²) in [5.41, 5.74) is -0.427. The third kappa shape index (κ3) is 2.21. The number of rotatable bonds is 5. The van der Waals surface area contributed by atoms with E-state index in [0.29, 0.717) is 16.7 Å². The van der Waals surface area contributed by atoms with Crippen molar-refractivity contribution in [3.63, 3.8) is 0 Å². The van der Waals surface area contributed by atoms with Crippen molar-refractivity contribution in [1.29, 1.82) is 0 Å². The zero-order chi connectivity index (χ0) is 14.5. The van der Waals surface area contributed by atoms with Crippen LogP contribution in [0.1, 0.15) is 26.7 Å². The first-order chi connectivity index (χ1) is 9.35. The standard InChI is InChI=1S/C12H18N4O2S2/c1-12(2,8-4-5-8)15-20(17,18)10-9(13-3)14-11-16(10)6-7-19-11/h6-8,13,15H,4-5H2,1-3H3. The van der Waals surface area contributed by atoms with E-state index in [0.717, 1.165) is 12.8 Å². The minimum atomic E-state index is -3.62. The van der Waals surface area contributed by atoms with Crippen LogP contribution in [0.15, 0.2) is 16.6 Å². The fourth-order valence-corrected chi connectivity index (χ4v) is 5.00. The number of nitrogens with zero attached hydrogens (tertiary/aromatic N) is 2. The van der Waals surface area contributed by atoms with E-state index in [4.69, 9.17) is 0 Å². The lowest BCUT2D eigenvalue weighted by molar-refractivity contribution is 0.400. The molecule has 8 heteroatoms. The molecule has 6 nitrogen and oxygen atoms in total. The van der Waals surface area contributed by atoms with Crippen molar-refractivity contribution in [2.45, 2.75) is 37.3 Å². The third-order valence-electron chi connectivity index (χ3n) is 3.71. The van der Waals surface area contributed by atoms with Gasteiger partial charge in [0, 0.05) is 24.2 Å². The molecule has 2 N–H and O–H groups in total. The Kier molecular flexibility index (Phi) is 3.07. The van der Waals surface area contributed by atoms with Gasteiger partial charge in [0.05, 0.1) is 0 Å². The van der Waals surface area contributed by atoms with Crippen molar-refractivity contribution in [3.05, 3.63) is 11.6 Å². The number of thiazole rings is 1. The van der Waals surface area contributed by atoms with Crippen LogP contribution in [0.5, 0.6) is 0 Å². The molecule has 0 amide bonds. The third-order valence-corrected chi connectivity index (χ3v) is 6.16. The summed E-state index contributed by atoms with van der Waals surface area (Å²) in [5, 5.41) is 4.87. The quantitative estimate of drug-likeness (QED) is 0.884. The van der Waals surface area contributed by atoms with Crippen molar-refractivity contribution < 1.29 is 8.42 Å². The Labute approximate surface area is 122 Å². The Hall–Kier alpha value is -1.12. The zero-order valence-corrected chi connectivity index (χ0v) is 13.3. The molecule has 1 fully saturated rings. The fourth-order valence-electron chi connectivity index (χ4n) is 2.47. The molecule has 0 atom stereocenters. The first-order valence-electron chi connectivity index (χ1n) is 6.52. The smallest absolute Gasteiger partial charge is 0.260 e. The highest BCUT2D eigenvalue weighted by molar-refractivity contribution is 7.89. The predicted octanol–water partition coefficient (Wildman–Crippen LogP) is 1.90. The molecule has 1 saturated carbocycles. The molecule has 2 aromatic heterocycles. The summed E-state index contributed by atoms with van der Waals surface area (Å²) < 4.78 is 29.9. The van der Waals surface area contributed by atoms with Crippen LogP contribution in [0.25, 0.3) is 4.96 Å². The Bertz CT molecular complexity index is 741. The van der Waals surface area contributed by atoms with Crippen LogP contribution >= 0.6 is 11.3 Å². The first kappa shape index (κ1) is 13.8. The van der Waals surface area contributed by atoms with Crippen molar-refractivity contribution >= 4 is 32.1 Å². The van der Waals surface area contributed by atoms with Gasteiger partial charge in [-0.15, -0.1) is 11.3 Å². The SMILES string of the molecule is CNc1nc2sccn2c1S(=O)(=O)NC(C)(C)C1CC1. The summed E-state index contributed by atoms with van der Waals surface area (Å²) in [4.78, 5) is 4.96. The molecule has 3 rings (SSSR count). The van der Waals surface area contributed by atoms with Gasteiger partial charge in [-0.25, -0.2) is 18.1 Å². The van der Waals surface area contributed by atoms with E-state index in [1.807, 2.05) is 19.2 Å². The molecular formula is C12H18N4O2S2. The minimum absolute atomic E-state index is 0.185. The van der Waals surface area contributed by atoms with E-state index in [1.54, 1.807) is 17.6 Å². The summed E-state index contributed by atoms with van der Waals surface area (Å²) in [6.07, 6.45) is 3.88. The van der Waals surface area contributed by atoms with E-state index in [1.165, 1.54) is 11.3 Å². The van der Waals surface area contributed by atoms with Gasteiger partial charge in [0.1, 0.15) is 0 Å². The number of nitrogens with one attached hydrogen (secondary N) is 2. The molecule has 20 heavy (non-hydrogen) atoms. The topological polar surface area (TPSA) is 75.5 Å². The minimum Gasteiger partial charge on any atom is -0.371 e. The Morgan fingerprint density at radius 2 is 2.15 bits per heavy atom. The number of sulfonamides is 1. The number of imidazole rings is 1. The maximum atomic E-state index is 12.7. The lowest BCUT2D eigenvalue weighted by Crippen LogP contribution is -2.45. The first-order valence-corrected chi connectivity index (χ1v) is 8.89. The Balaban J connectivity index is 2.06. The normalized spacial score (nSPS) is 16.8. The van der Waals surface area contributed by atoms with Gasteiger partial charge < -0.3 is 5.32 Å². The number of anilines is 1. The van der Waals surface area contributed by atoms with Gasteiger partial charge in [-0.05, 0) is 32.6 Å². The number of hydrogen-bond acceptors (Lipinski definition) is 5. The van der Waals surface area contributed by atoms with E-state index < -0.39 is 15.6 Å². The molecule has 0 bridgehead atoms. The van der Waals surface area contributed by atoms with Crippen LogP contribution in [0.2, 0.25) is 0 Å². The lowest BCUT2D eigenvalue weighted by atomic mass is 10.0. The number of fused-ring (bicyclic) bond motifs is 1. The van der Waals surface area contributed by atoms with E-state index in [2.05, 4.69) is 15.0 Å². The highest BCUT2D eigenvalue weighted by atomic mass is 32.2. The van der Waals surface area contributed by atoms with Crippen LogP contribution in [0, 0.1) is 5.92 Å². The van der Waals surface area contributed by atoms with Crippen LogP contribution in [-0.4, -0.2) is 30.4 Å². The fraction of sp³-hybridized carbons (Fsp3) is 0.583. The molecule has 0 aromatic carbocycles. The van der Waals surface area contributed by atoms with Crippen LogP contribution in [0.4, 0.5) is 5.82 Å². The van der Waals surface area contributed by atoms with E-state index in [9.17, 15) is 8.42 Å². The molecular weight excluding hydrogens is 296 g/mol. The molecule has 2 heterocycles. The van der Waals surface area contributed by atoms with Gasteiger partial charge in [0.25, 0.3) is 10.0 Å². The summed E-state index contributed by atoms with van der Waals surface area (Å²) >= 11 is 1.41. The molecule has 0 saturated heterocycles. The molecule has 0 radical (unpaired) electrons. The highest BCUT2D eigenvalue weighted by Gasteiger charge is 2.42. The molecule has 0 aliphatic heterocycles. The molecule has 1 aliphatic rings. The molecule has 0 spiro atoms. The lowest BCUT2D eigenvalue weighted by Gasteiger charge is -2.25. The van der Waals surface area contributed by atoms with Crippen molar-refractivity contribution in [3.8, 4) is 0 Å². The summed E-state index contributed by atoms with van der Waals surface area (Å²) in [6, 6.07) is 0. The maximum Gasteiger partial charge on any atom is 0.260 e. The van der Waals surface area contributed by atoms with Gasteiger partial charge in [-0.1, -0.05) is 0 Å².